The molecule has 0 saturated heterocycles. The average Bonchev–Trinajstić information content (AvgIpc) is 2.81. The topological polar surface area (TPSA) is 52.0 Å². The molecular formula is C14H11BrN2O. The molecule has 18 heavy (non-hydrogen) atoms. The van der Waals surface area contributed by atoms with Crippen LogP contribution in [0.1, 0.15) is 17.4 Å². The number of nitrogens with zero attached hydrogens (tertiary/aromatic N) is 1. The summed E-state index contributed by atoms with van der Waals surface area (Å²) in [6.45, 7) is 0. The van der Waals surface area contributed by atoms with Gasteiger partial charge in [0.1, 0.15) is 11.3 Å². The van der Waals surface area contributed by atoms with E-state index < -0.39 is 0 Å². The molecule has 90 valence electrons. The maximum absolute atomic E-state index is 6.19. The Hall–Kier alpha value is -1.65. The molecule has 0 aliphatic carbocycles. The number of halogens is 1. The number of para-hydroxylation sites is 1. The number of fused-ring (bicyclic) bond motifs is 1. The summed E-state index contributed by atoms with van der Waals surface area (Å²) >= 11 is 3.39. The highest BCUT2D eigenvalue weighted by Gasteiger charge is 2.14. The molecule has 1 atom stereocenters. The van der Waals surface area contributed by atoms with Gasteiger partial charge in [-0.1, -0.05) is 18.2 Å². The number of nitrogens with two attached hydrogens (primary N) is 1. The van der Waals surface area contributed by atoms with Crippen molar-refractivity contribution in [3.05, 3.63) is 64.6 Å². The van der Waals surface area contributed by atoms with Gasteiger partial charge in [0.25, 0.3) is 0 Å². The third-order valence-electron chi connectivity index (χ3n) is 2.84. The molecule has 0 saturated carbocycles. The van der Waals surface area contributed by atoms with E-state index >= 15 is 0 Å². The predicted octanol–water partition coefficient (Wildman–Crippen LogP) is 3.64. The first-order valence-electron chi connectivity index (χ1n) is 5.58. The van der Waals surface area contributed by atoms with E-state index in [2.05, 4.69) is 20.9 Å². The lowest BCUT2D eigenvalue weighted by Gasteiger charge is -2.08. The van der Waals surface area contributed by atoms with E-state index in [1.165, 1.54) is 0 Å². The molecule has 2 heterocycles. The minimum Gasteiger partial charge on any atom is -0.459 e. The normalized spacial score (nSPS) is 12.8. The van der Waals surface area contributed by atoms with Crippen molar-refractivity contribution in [2.45, 2.75) is 6.04 Å². The van der Waals surface area contributed by atoms with Crippen LogP contribution in [0.2, 0.25) is 0 Å². The first-order valence-corrected chi connectivity index (χ1v) is 6.38. The molecule has 0 radical (unpaired) electrons. The zero-order valence-electron chi connectivity index (χ0n) is 9.51. The van der Waals surface area contributed by atoms with Crippen molar-refractivity contribution in [1.82, 2.24) is 4.98 Å². The van der Waals surface area contributed by atoms with Crippen molar-refractivity contribution < 1.29 is 4.42 Å². The first kappa shape index (κ1) is 11.4. The Morgan fingerprint density at radius 2 is 2.00 bits per heavy atom. The van der Waals surface area contributed by atoms with Crippen LogP contribution >= 0.6 is 15.9 Å². The lowest BCUT2D eigenvalue weighted by atomic mass is 10.1. The average molecular weight is 303 g/mol. The largest absolute Gasteiger partial charge is 0.459 e. The van der Waals surface area contributed by atoms with Crippen LogP contribution in [0, 0.1) is 0 Å². The van der Waals surface area contributed by atoms with Crippen LogP contribution in [0.5, 0.6) is 0 Å². The number of hydrogen-bond acceptors (Lipinski definition) is 3. The van der Waals surface area contributed by atoms with Gasteiger partial charge in [0.2, 0.25) is 0 Å². The van der Waals surface area contributed by atoms with Gasteiger partial charge in [0.05, 0.1) is 6.04 Å². The second-order valence-electron chi connectivity index (χ2n) is 4.10. The molecule has 3 aromatic rings. The van der Waals surface area contributed by atoms with Crippen LogP contribution in [-0.4, -0.2) is 4.98 Å². The maximum atomic E-state index is 6.19. The van der Waals surface area contributed by atoms with Gasteiger partial charge in [-0.15, -0.1) is 0 Å². The number of benzene rings is 1. The summed E-state index contributed by atoms with van der Waals surface area (Å²) in [7, 11) is 0. The minimum atomic E-state index is -0.303. The molecule has 0 amide bonds. The van der Waals surface area contributed by atoms with Crippen LogP contribution in [0.25, 0.3) is 11.0 Å². The Kier molecular flexibility index (Phi) is 2.89. The molecule has 2 aromatic heterocycles. The van der Waals surface area contributed by atoms with Gasteiger partial charge in [-0.05, 0) is 39.7 Å². The van der Waals surface area contributed by atoms with Crippen LogP contribution in [0.4, 0.5) is 0 Å². The first-order chi connectivity index (χ1) is 8.74. The van der Waals surface area contributed by atoms with Crippen LogP contribution < -0.4 is 5.73 Å². The highest BCUT2D eigenvalue weighted by molar-refractivity contribution is 9.10. The molecule has 1 aromatic carbocycles. The zero-order valence-corrected chi connectivity index (χ0v) is 11.1. The van der Waals surface area contributed by atoms with Crippen molar-refractivity contribution in [2.24, 2.45) is 5.73 Å². The summed E-state index contributed by atoms with van der Waals surface area (Å²) < 4.78 is 6.66. The molecule has 0 aliphatic rings. The number of furan rings is 1. The minimum absolute atomic E-state index is 0.303. The lowest BCUT2D eigenvalue weighted by molar-refractivity contribution is 0.524. The third-order valence-corrected chi connectivity index (χ3v) is 3.27. The summed E-state index contributed by atoms with van der Waals surface area (Å²) in [6.07, 6.45) is 3.48. The number of hydrogen-bond donors (Lipinski definition) is 1. The van der Waals surface area contributed by atoms with E-state index in [4.69, 9.17) is 10.2 Å². The molecule has 4 heteroatoms. The van der Waals surface area contributed by atoms with Gasteiger partial charge in [0, 0.05) is 22.3 Å². The van der Waals surface area contributed by atoms with Gasteiger partial charge in [-0.25, -0.2) is 0 Å². The van der Waals surface area contributed by atoms with Crippen LogP contribution in [0.15, 0.2) is 57.7 Å². The van der Waals surface area contributed by atoms with Gasteiger partial charge in [-0.3, -0.25) is 4.98 Å². The Morgan fingerprint density at radius 3 is 2.78 bits per heavy atom. The molecule has 0 fully saturated rings. The summed E-state index contributed by atoms with van der Waals surface area (Å²) in [5, 5.41) is 1.06. The van der Waals surface area contributed by atoms with Crippen molar-refractivity contribution in [3.63, 3.8) is 0 Å². The fourth-order valence-electron chi connectivity index (χ4n) is 1.92. The van der Waals surface area contributed by atoms with Crippen LogP contribution in [-0.2, 0) is 0 Å². The lowest BCUT2D eigenvalue weighted by Crippen LogP contribution is -2.11. The number of rotatable bonds is 2. The number of aromatic nitrogens is 1. The SMILES string of the molecule is NC(c1cncc(Br)c1)c1cc2ccccc2o1. The molecule has 2 N–H and O–H groups in total. The summed E-state index contributed by atoms with van der Waals surface area (Å²) in [4.78, 5) is 4.12. The molecule has 0 spiro atoms. The fourth-order valence-corrected chi connectivity index (χ4v) is 2.30. The predicted molar refractivity (Wildman–Crippen MR) is 74.2 cm³/mol. The standard InChI is InChI=1S/C14H11BrN2O/c15-11-5-10(7-17-8-11)14(16)13-6-9-3-1-2-4-12(9)18-13/h1-8,14H,16H2. The van der Waals surface area contributed by atoms with Gasteiger partial charge < -0.3 is 10.2 Å². The summed E-state index contributed by atoms with van der Waals surface area (Å²) in [5.41, 5.74) is 7.97. The van der Waals surface area contributed by atoms with Crippen molar-refractivity contribution in [2.75, 3.05) is 0 Å². The van der Waals surface area contributed by atoms with Gasteiger partial charge >= 0.3 is 0 Å². The Labute approximate surface area is 113 Å². The van der Waals surface area contributed by atoms with E-state index in [1.54, 1.807) is 12.4 Å². The molecule has 0 bridgehead atoms. The van der Waals surface area contributed by atoms with E-state index in [1.807, 2.05) is 36.4 Å². The Bertz CT molecular complexity index is 660. The van der Waals surface area contributed by atoms with E-state index in [9.17, 15) is 0 Å². The van der Waals surface area contributed by atoms with Crippen molar-refractivity contribution in [3.8, 4) is 0 Å². The smallest absolute Gasteiger partial charge is 0.134 e. The molecular weight excluding hydrogens is 292 g/mol. The van der Waals surface area contributed by atoms with E-state index in [-0.39, 0.29) is 6.04 Å². The van der Waals surface area contributed by atoms with E-state index in [0.29, 0.717) is 0 Å². The molecule has 0 aliphatic heterocycles. The summed E-state index contributed by atoms with van der Waals surface area (Å²) in [5.74, 6) is 0.746. The van der Waals surface area contributed by atoms with Gasteiger partial charge in [0.15, 0.2) is 0 Å². The quantitative estimate of drug-likeness (QED) is 0.786. The highest BCUT2D eigenvalue weighted by Crippen LogP contribution is 2.27. The monoisotopic (exact) mass is 302 g/mol. The second-order valence-corrected chi connectivity index (χ2v) is 5.02. The van der Waals surface area contributed by atoms with Gasteiger partial charge in [-0.2, -0.15) is 0 Å². The number of pyridine rings is 1. The van der Waals surface area contributed by atoms with Crippen molar-refractivity contribution in [1.29, 1.82) is 0 Å². The van der Waals surface area contributed by atoms with E-state index in [0.717, 1.165) is 26.8 Å². The Balaban J connectivity index is 2.03. The molecule has 3 rings (SSSR count). The zero-order chi connectivity index (χ0) is 12.5. The third kappa shape index (κ3) is 2.05. The highest BCUT2D eigenvalue weighted by atomic mass is 79.9. The summed E-state index contributed by atoms with van der Waals surface area (Å²) in [6, 6.07) is 11.5. The second kappa shape index (κ2) is 4.55. The molecule has 1 unspecified atom stereocenters. The van der Waals surface area contributed by atoms with Crippen LogP contribution in [0.3, 0.4) is 0 Å². The Morgan fingerprint density at radius 1 is 1.17 bits per heavy atom. The molecule has 3 nitrogen and oxygen atoms in total. The fraction of sp³-hybridized carbons (Fsp3) is 0.0714. The maximum Gasteiger partial charge on any atom is 0.134 e. The van der Waals surface area contributed by atoms with Crippen molar-refractivity contribution >= 4 is 26.9 Å².